The molecule has 1 aromatic heterocycles. The summed E-state index contributed by atoms with van der Waals surface area (Å²) in [4.78, 5) is 28.3. The predicted molar refractivity (Wildman–Crippen MR) is 106 cm³/mol. The number of carbonyl (C=O) groups excluding carboxylic acids is 2. The molecule has 3 aliphatic rings. The fraction of sp³-hybridized carbons (Fsp3) is 0.571. The number of para-hydroxylation sites is 1. The Bertz CT molecular complexity index is 934. The van der Waals surface area contributed by atoms with Gasteiger partial charge in [0.1, 0.15) is 5.54 Å². The van der Waals surface area contributed by atoms with Crippen molar-refractivity contribution in [2.24, 2.45) is 7.05 Å². The summed E-state index contributed by atoms with van der Waals surface area (Å²) in [6.07, 6.45) is 5.93. The lowest BCUT2D eigenvalue weighted by Gasteiger charge is -2.40. The van der Waals surface area contributed by atoms with Crippen LogP contribution in [-0.4, -0.2) is 57.2 Å². The normalized spacial score (nSPS) is 27.5. The molecule has 2 aromatic rings. The Labute approximate surface area is 164 Å². The second-order valence-corrected chi connectivity index (χ2v) is 8.55. The van der Waals surface area contributed by atoms with Gasteiger partial charge >= 0.3 is 0 Å². The second kappa shape index (κ2) is 6.58. The molecule has 0 bridgehead atoms. The molecule has 2 amide bonds. The zero-order valence-electron chi connectivity index (χ0n) is 16.3. The number of benzene rings is 1. The molecule has 5 rings (SSSR count). The molecule has 28 heavy (non-hydrogen) atoms. The Kier molecular flexibility index (Phi) is 4.16. The topological polar surface area (TPSA) is 79.3 Å². The monoisotopic (exact) mass is 381 g/mol. The van der Waals surface area contributed by atoms with Crippen LogP contribution < -0.4 is 10.6 Å². The van der Waals surface area contributed by atoms with E-state index < -0.39 is 5.54 Å². The third-order valence-electron chi connectivity index (χ3n) is 6.54. The number of rotatable bonds is 4. The van der Waals surface area contributed by atoms with Crippen LogP contribution in [0.4, 0.5) is 0 Å². The average Bonchev–Trinajstić information content (AvgIpc) is 3.33. The highest BCUT2D eigenvalue weighted by Crippen LogP contribution is 2.39. The number of nitrogens with zero attached hydrogens (tertiary/aromatic N) is 3. The highest BCUT2D eigenvalue weighted by atomic mass is 16.2. The number of carbonyl (C=O) groups is 2. The van der Waals surface area contributed by atoms with Gasteiger partial charge in [-0.1, -0.05) is 18.2 Å². The molecule has 3 fully saturated rings. The Morgan fingerprint density at radius 3 is 2.79 bits per heavy atom. The number of hydrogen-bond donors (Lipinski definition) is 2. The zero-order chi connectivity index (χ0) is 19.3. The Morgan fingerprint density at radius 2 is 1.96 bits per heavy atom. The summed E-state index contributed by atoms with van der Waals surface area (Å²) in [7, 11) is 1.85. The van der Waals surface area contributed by atoms with E-state index in [-0.39, 0.29) is 17.9 Å². The van der Waals surface area contributed by atoms with Crippen molar-refractivity contribution in [2.75, 3.05) is 13.1 Å². The summed E-state index contributed by atoms with van der Waals surface area (Å²) >= 11 is 0. The smallest absolute Gasteiger partial charge is 0.272 e. The van der Waals surface area contributed by atoms with Gasteiger partial charge in [0, 0.05) is 31.1 Å². The van der Waals surface area contributed by atoms with Crippen LogP contribution in [-0.2, 0) is 11.8 Å². The van der Waals surface area contributed by atoms with Crippen molar-refractivity contribution in [3.63, 3.8) is 0 Å². The summed E-state index contributed by atoms with van der Waals surface area (Å²) in [5, 5.41) is 11.7. The first kappa shape index (κ1) is 17.7. The number of amides is 2. The Hall–Kier alpha value is -2.41. The van der Waals surface area contributed by atoms with E-state index in [2.05, 4.69) is 20.6 Å². The molecule has 2 atom stereocenters. The van der Waals surface area contributed by atoms with E-state index >= 15 is 0 Å². The second-order valence-electron chi connectivity index (χ2n) is 8.55. The number of nitrogens with one attached hydrogen (secondary N) is 2. The summed E-state index contributed by atoms with van der Waals surface area (Å²) < 4.78 is 1.74. The van der Waals surface area contributed by atoms with Crippen LogP contribution in [0.1, 0.15) is 49.0 Å². The summed E-state index contributed by atoms with van der Waals surface area (Å²) in [6.45, 7) is 1.66. The molecule has 0 spiro atoms. The minimum atomic E-state index is -0.453. The van der Waals surface area contributed by atoms with Gasteiger partial charge in [-0.2, -0.15) is 5.10 Å². The number of aromatic nitrogens is 2. The number of hydrogen-bond acceptors (Lipinski definition) is 4. The summed E-state index contributed by atoms with van der Waals surface area (Å²) in [5.74, 6) is 0.00846. The molecule has 2 saturated heterocycles. The highest BCUT2D eigenvalue weighted by molar-refractivity contribution is 6.05. The van der Waals surface area contributed by atoms with Crippen LogP contribution in [0.5, 0.6) is 0 Å². The van der Waals surface area contributed by atoms with Gasteiger partial charge in [0.15, 0.2) is 5.69 Å². The van der Waals surface area contributed by atoms with Gasteiger partial charge in [-0.05, 0) is 51.1 Å². The molecule has 1 aliphatic carbocycles. The van der Waals surface area contributed by atoms with E-state index in [1.165, 1.54) is 0 Å². The maximum absolute atomic E-state index is 13.1. The van der Waals surface area contributed by atoms with Crippen molar-refractivity contribution in [1.82, 2.24) is 25.3 Å². The predicted octanol–water partition coefficient (Wildman–Crippen LogP) is 1.58. The van der Waals surface area contributed by atoms with E-state index in [4.69, 9.17) is 0 Å². The molecule has 148 valence electrons. The molecule has 0 radical (unpaired) electrons. The molecule has 3 heterocycles. The molecule has 1 saturated carbocycles. The minimum absolute atomic E-state index is 0.0312. The van der Waals surface area contributed by atoms with Crippen LogP contribution in [0.3, 0.4) is 0 Å². The maximum atomic E-state index is 13.1. The average molecular weight is 381 g/mol. The van der Waals surface area contributed by atoms with Gasteiger partial charge in [0.2, 0.25) is 5.91 Å². The number of piperidine rings is 1. The molecular weight excluding hydrogens is 354 g/mol. The molecule has 2 aliphatic heterocycles. The Morgan fingerprint density at radius 1 is 1.14 bits per heavy atom. The van der Waals surface area contributed by atoms with Crippen molar-refractivity contribution < 1.29 is 9.59 Å². The van der Waals surface area contributed by atoms with Crippen molar-refractivity contribution in [2.45, 2.75) is 56.1 Å². The third-order valence-corrected chi connectivity index (χ3v) is 6.54. The van der Waals surface area contributed by atoms with Gasteiger partial charge in [-0.3, -0.25) is 19.2 Å². The van der Waals surface area contributed by atoms with E-state index in [9.17, 15) is 9.59 Å². The maximum Gasteiger partial charge on any atom is 0.272 e. The molecule has 1 aromatic carbocycles. The fourth-order valence-corrected chi connectivity index (χ4v) is 4.96. The van der Waals surface area contributed by atoms with Crippen LogP contribution >= 0.6 is 0 Å². The first-order valence-corrected chi connectivity index (χ1v) is 10.4. The van der Waals surface area contributed by atoms with Gasteiger partial charge in [0.05, 0.1) is 5.52 Å². The van der Waals surface area contributed by atoms with Crippen LogP contribution in [0.2, 0.25) is 0 Å². The molecule has 7 heteroatoms. The van der Waals surface area contributed by atoms with Crippen LogP contribution in [0.25, 0.3) is 10.9 Å². The lowest BCUT2D eigenvalue weighted by atomic mass is 9.84. The van der Waals surface area contributed by atoms with Crippen LogP contribution in [0.15, 0.2) is 24.3 Å². The lowest BCUT2D eigenvalue weighted by molar-refractivity contribution is -0.134. The van der Waals surface area contributed by atoms with Crippen molar-refractivity contribution >= 4 is 22.7 Å². The van der Waals surface area contributed by atoms with E-state index in [1.54, 1.807) is 4.68 Å². The molecule has 7 nitrogen and oxygen atoms in total. The quantitative estimate of drug-likeness (QED) is 0.843. The van der Waals surface area contributed by atoms with Crippen molar-refractivity contribution in [1.29, 1.82) is 0 Å². The van der Waals surface area contributed by atoms with Crippen molar-refractivity contribution in [3.8, 4) is 0 Å². The van der Waals surface area contributed by atoms with Gasteiger partial charge < -0.3 is 10.6 Å². The van der Waals surface area contributed by atoms with Crippen LogP contribution in [0, 0.1) is 0 Å². The van der Waals surface area contributed by atoms with E-state index in [0.29, 0.717) is 18.2 Å². The standard InChI is InChI=1S/C21H27N5O2/c1-25-17-7-3-2-6-16(17)18(24-25)19(27)22-15-12-21(20(28)23-14-8-9-14)10-4-5-11-26(21)13-15/h2-3,6-7,14-15H,4-5,8-13H2,1H3,(H,22,27)(H,23,28)/t15-,21-/m0/s1. The molecule has 0 unspecified atom stereocenters. The van der Waals surface area contributed by atoms with E-state index in [0.717, 1.165) is 56.1 Å². The third kappa shape index (κ3) is 2.89. The zero-order valence-corrected chi connectivity index (χ0v) is 16.3. The molecular formula is C21H27N5O2. The highest BCUT2D eigenvalue weighted by Gasteiger charge is 2.53. The fourth-order valence-electron chi connectivity index (χ4n) is 4.96. The van der Waals surface area contributed by atoms with Gasteiger partial charge in [-0.15, -0.1) is 0 Å². The Balaban J connectivity index is 1.35. The minimum Gasteiger partial charge on any atom is -0.352 e. The first-order chi connectivity index (χ1) is 13.6. The van der Waals surface area contributed by atoms with E-state index in [1.807, 2.05) is 31.3 Å². The largest absolute Gasteiger partial charge is 0.352 e. The summed E-state index contributed by atoms with van der Waals surface area (Å²) in [5.41, 5.74) is 0.946. The van der Waals surface area contributed by atoms with Crippen molar-refractivity contribution in [3.05, 3.63) is 30.0 Å². The summed E-state index contributed by atoms with van der Waals surface area (Å²) in [6, 6.07) is 8.10. The van der Waals surface area contributed by atoms with Gasteiger partial charge in [0.25, 0.3) is 5.91 Å². The SMILES string of the molecule is Cn1nc(C(=O)N[C@@H]2CN3CCCC[C@@]3(C(=O)NC3CC3)C2)c2ccccc21. The lowest BCUT2D eigenvalue weighted by Crippen LogP contribution is -2.57. The first-order valence-electron chi connectivity index (χ1n) is 10.4. The number of aryl methyl sites for hydroxylation is 1. The molecule has 2 N–H and O–H groups in total. The number of fused-ring (bicyclic) bond motifs is 2. The van der Waals surface area contributed by atoms with Gasteiger partial charge in [-0.25, -0.2) is 0 Å².